The lowest BCUT2D eigenvalue weighted by molar-refractivity contribution is 0.0527. The maximum atomic E-state index is 11.8. The van der Waals surface area contributed by atoms with Crippen molar-refractivity contribution in [1.29, 1.82) is 0 Å². The second kappa shape index (κ2) is 10.6. The SMILES string of the molecule is CC(C)C(NCCCNC(=O)OC(C)(C)C)c1nc2ccccc2n1Cc1ccccc1. The lowest BCUT2D eigenvalue weighted by Gasteiger charge is -2.24. The number of nitrogens with one attached hydrogen (secondary N) is 2. The van der Waals surface area contributed by atoms with Gasteiger partial charge in [0.25, 0.3) is 0 Å². The number of hydrogen-bond donors (Lipinski definition) is 2. The number of alkyl carbamates (subject to hydrolysis) is 1. The zero-order chi connectivity index (χ0) is 23.1. The van der Waals surface area contributed by atoms with E-state index in [1.807, 2.05) is 32.9 Å². The summed E-state index contributed by atoms with van der Waals surface area (Å²) in [5.74, 6) is 1.41. The molecule has 0 bridgehead atoms. The zero-order valence-corrected chi connectivity index (χ0v) is 19.9. The van der Waals surface area contributed by atoms with E-state index in [4.69, 9.17) is 9.72 Å². The molecule has 3 rings (SSSR count). The number of para-hydroxylation sites is 2. The van der Waals surface area contributed by atoms with Gasteiger partial charge in [0.15, 0.2) is 0 Å². The highest BCUT2D eigenvalue weighted by atomic mass is 16.6. The Kier molecular flexibility index (Phi) is 7.91. The van der Waals surface area contributed by atoms with Gasteiger partial charge in [-0.3, -0.25) is 0 Å². The van der Waals surface area contributed by atoms with Crippen LogP contribution in [0.2, 0.25) is 0 Å². The molecule has 0 aliphatic rings. The van der Waals surface area contributed by atoms with Gasteiger partial charge in [0, 0.05) is 13.1 Å². The Morgan fingerprint density at radius 2 is 1.72 bits per heavy atom. The van der Waals surface area contributed by atoms with E-state index in [-0.39, 0.29) is 12.1 Å². The summed E-state index contributed by atoms with van der Waals surface area (Å²) >= 11 is 0. The smallest absolute Gasteiger partial charge is 0.407 e. The van der Waals surface area contributed by atoms with Crippen LogP contribution in [0, 0.1) is 5.92 Å². The number of benzene rings is 2. The summed E-state index contributed by atoms with van der Waals surface area (Å²) in [6, 6.07) is 18.9. The van der Waals surface area contributed by atoms with Gasteiger partial charge in [0.1, 0.15) is 11.4 Å². The van der Waals surface area contributed by atoms with Crippen LogP contribution in [0.15, 0.2) is 54.6 Å². The van der Waals surface area contributed by atoms with E-state index in [2.05, 4.69) is 71.5 Å². The third kappa shape index (κ3) is 6.57. The maximum Gasteiger partial charge on any atom is 0.407 e. The molecule has 3 aromatic rings. The summed E-state index contributed by atoms with van der Waals surface area (Å²) in [4.78, 5) is 16.8. The number of aromatic nitrogens is 2. The van der Waals surface area contributed by atoms with Crippen LogP contribution in [-0.2, 0) is 11.3 Å². The zero-order valence-electron chi connectivity index (χ0n) is 19.9. The van der Waals surface area contributed by atoms with Crippen LogP contribution in [0.4, 0.5) is 4.79 Å². The van der Waals surface area contributed by atoms with Crippen molar-refractivity contribution in [3.63, 3.8) is 0 Å². The molecule has 0 aliphatic heterocycles. The normalized spacial score (nSPS) is 12.8. The third-order valence-corrected chi connectivity index (χ3v) is 5.20. The van der Waals surface area contributed by atoms with Gasteiger partial charge in [-0.2, -0.15) is 0 Å². The van der Waals surface area contributed by atoms with Crippen LogP contribution in [-0.4, -0.2) is 34.3 Å². The molecule has 0 saturated heterocycles. The van der Waals surface area contributed by atoms with E-state index < -0.39 is 5.60 Å². The monoisotopic (exact) mass is 436 g/mol. The summed E-state index contributed by atoms with van der Waals surface area (Å²) < 4.78 is 7.62. The lowest BCUT2D eigenvalue weighted by atomic mass is 10.0. The first-order valence-corrected chi connectivity index (χ1v) is 11.4. The third-order valence-electron chi connectivity index (χ3n) is 5.20. The van der Waals surface area contributed by atoms with Crippen LogP contribution in [0.3, 0.4) is 0 Å². The molecule has 6 nitrogen and oxygen atoms in total. The molecule has 2 aromatic carbocycles. The fourth-order valence-corrected chi connectivity index (χ4v) is 3.74. The molecule has 172 valence electrons. The minimum Gasteiger partial charge on any atom is -0.444 e. The van der Waals surface area contributed by atoms with Crippen molar-refractivity contribution in [3.8, 4) is 0 Å². The summed E-state index contributed by atoms with van der Waals surface area (Å²) in [7, 11) is 0. The number of fused-ring (bicyclic) bond motifs is 1. The molecule has 1 unspecified atom stereocenters. The molecule has 2 N–H and O–H groups in total. The lowest BCUT2D eigenvalue weighted by Crippen LogP contribution is -2.35. The number of carbonyl (C=O) groups is 1. The van der Waals surface area contributed by atoms with Crippen molar-refractivity contribution in [3.05, 3.63) is 66.0 Å². The molecule has 1 aromatic heterocycles. The first-order chi connectivity index (χ1) is 15.2. The van der Waals surface area contributed by atoms with Crippen LogP contribution >= 0.6 is 0 Å². The molecule has 0 saturated carbocycles. The quantitative estimate of drug-likeness (QED) is 0.448. The van der Waals surface area contributed by atoms with Gasteiger partial charge in [-0.05, 0) is 57.4 Å². The average molecular weight is 437 g/mol. The van der Waals surface area contributed by atoms with E-state index >= 15 is 0 Å². The van der Waals surface area contributed by atoms with E-state index in [1.54, 1.807) is 0 Å². The molecule has 1 amide bonds. The minimum absolute atomic E-state index is 0.104. The first kappa shape index (κ1) is 23.8. The Bertz CT molecular complexity index is 1010. The van der Waals surface area contributed by atoms with Crippen molar-refractivity contribution in [1.82, 2.24) is 20.2 Å². The van der Waals surface area contributed by atoms with Crippen LogP contribution in [0.25, 0.3) is 11.0 Å². The summed E-state index contributed by atoms with van der Waals surface area (Å²) in [5, 5.41) is 6.49. The highest BCUT2D eigenvalue weighted by Gasteiger charge is 2.23. The predicted molar refractivity (Wildman–Crippen MR) is 130 cm³/mol. The molecular weight excluding hydrogens is 400 g/mol. The molecule has 32 heavy (non-hydrogen) atoms. The number of nitrogens with zero attached hydrogens (tertiary/aromatic N) is 2. The van der Waals surface area contributed by atoms with E-state index in [0.717, 1.165) is 36.4 Å². The van der Waals surface area contributed by atoms with Gasteiger partial charge in [-0.15, -0.1) is 0 Å². The Morgan fingerprint density at radius 1 is 1.03 bits per heavy atom. The summed E-state index contributed by atoms with van der Waals surface area (Å²) in [6.07, 6.45) is 0.434. The van der Waals surface area contributed by atoms with E-state index in [1.165, 1.54) is 5.56 Å². The molecule has 0 spiro atoms. The highest BCUT2D eigenvalue weighted by Crippen LogP contribution is 2.26. The molecular formula is C26H36N4O2. The number of amides is 1. The Labute approximate surface area is 191 Å². The average Bonchev–Trinajstić information content (AvgIpc) is 3.08. The van der Waals surface area contributed by atoms with Crippen molar-refractivity contribution < 1.29 is 9.53 Å². The van der Waals surface area contributed by atoms with Crippen molar-refractivity contribution >= 4 is 17.1 Å². The van der Waals surface area contributed by atoms with Crippen molar-refractivity contribution in [2.24, 2.45) is 5.92 Å². The predicted octanol–water partition coefficient (Wildman–Crippen LogP) is 5.29. The number of hydrogen-bond acceptors (Lipinski definition) is 4. The standard InChI is InChI=1S/C26H36N4O2/c1-19(2)23(27-16-11-17-28-25(31)32-26(3,4)5)24-29-21-14-9-10-15-22(21)30(24)18-20-12-7-6-8-13-20/h6-10,12-15,19,23,27H,11,16-18H2,1-5H3,(H,28,31). The number of ether oxygens (including phenoxy) is 1. The Hall–Kier alpha value is -2.86. The molecule has 6 heteroatoms. The molecule has 0 fully saturated rings. The topological polar surface area (TPSA) is 68.2 Å². The molecule has 0 radical (unpaired) electrons. The van der Waals surface area contributed by atoms with Gasteiger partial charge in [-0.1, -0.05) is 56.3 Å². The second-order valence-corrected chi connectivity index (χ2v) is 9.49. The fraction of sp³-hybridized carbons (Fsp3) is 0.462. The van der Waals surface area contributed by atoms with E-state index in [9.17, 15) is 4.79 Å². The summed E-state index contributed by atoms with van der Waals surface area (Å²) in [6.45, 7) is 12.1. The van der Waals surface area contributed by atoms with Crippen LogP contribution in [0.1, 0.15) is 58.5 Å². The highest BCUT2D eigenvalue weighted by molar-refractivity contribution is 5.76. The van der Waals surface area contributed by atoms with E-state index in [0.29, 0.717) is 12.5 Å². The number of carbonyl (C=O) groups excluding carboxylic acids is 1. The Balaban J connectivity index is 1.70. The van der Waals surface area contributed by atoms with Gasteiger partial charge in [0.2, 0.25) is 0 Å². The number of rotatable bonds is 9. The Morgan fingerprint density at radius 3 is 2.41 bits per heavy atom. The van der Waals surface area contributed by atoms with Crippen molar-refractivity contribution in [2.45, 2.75) is 59.2 Å². The first-order valence-electron chi connectivity index (χ1n) is 11.4. The van der Waals surface area contributed by atoms with Gasteiger partial charge >= 0.3 is 6.09 Å². The number of imidazole rings is 1. The molecule has 1 atom stereocenters. The molecule has 1 heterocycles. The van der Waals surface area contributed by atoms with Gasteiger partial charge in [-0.25, -0.2) is 9.78 Å². The summed E-state index contributed by atoms with van der Waals surface area (Å²) in [5.41, 5.74) is 2.92. The maximum absolute atomic E-state index is 11.8. The fourth-order valence-electron chi connectivity index (χ4n) is 3.74. The minimum atomic E-state index is -0.483. The van der Waals surface area contributed by atoms with Gasteiger partial charge < -0.3 is 19.9 Å². The molecule has 0 aliphatic carbocycles. The van der Waals surface area contributed by atoms with Crippen LogP contribution in [0.5, 0.6) is 0 Å². The van der Waals surface area contributed by atoms with Crippen LogP contribution < -0.4 is 10.6 Å². The van der Waals surface area contributed by atoms with Crippen molar-refractivity contribution in [2.75, 3.05) is 13.1 Å². The second-order valence-electron chi connectivity index (χ2n) is 9.49. The van der Waals surface area contributed by atoms with Gasteiger partial charge in [0.05, 0.1) is 17.1 Å². The largest absolute Gasteiger partial charge is 0.444 e.